The number of benzene rings is 4. The summed E-state index contributed by atoms with van der Waals surface area (Å²) in [6.07, 6.45) is 8.67. The Morgan fingerprint density at radius 2 is 0.818 bits per heavy atom. The zero-order chi connectivity index (χ0) is 104. The van der Waals surface area contributed by atoms with Gasteiger partial charge in [0.2, 0.25) is 72.3 Å². The highest BCUT2D eigenvalue weighted by Crippen LogP contribution is 2.29. The van der Waals surface area contributed by atoms with Crippen LogP contribution in [-0.2, 0) is 100.0 Å². The fraction of sp³-hybridized carbons (Fsp3) is 0.473. The van der Waals surface area contributed by atoms with Crippen LogP contribution in [0.2, 0.25) is 0 Å². The predicted octanol–water partition coefficient (Wildman–Crippen LogP) is -0.434. The predicted molar refractivity (Wildman–Crippen MR) is 524 cm³/mol. The van der Waals surface area contributed by atoms with Crippen molar-refractivity contribution in [3.8, 4) is 11.5 Å². The Morgan fingerprint density at radius 3 is 1.19 bits per heavy atom. The smallest absolute Gasteiger partial charge is 0.323 e. The Kier molecular flexibility index (Phi) is 42.5. The van der Waals surface area contributed by atoms with E-state index in [4.69, 9.17) is 9.47 Å². The molecule has 0 spiro atoms. The Bertz CT molecular complexity index is 6190. The van der Waals surface area contributed by atoms with Gasteiger partial charge in [-0.05, 0) is 148 Å². The highest BCUT2D eigenvalue weighted by molar-refractivity contribution is 7.90. The molecule has 1 aliphatic rings. The maximum atomic E-state index is 14.4. The first-order valence-electron chi connectivity index (χ1n) is 46.6. The van der Waals surface area contributed by atoms with Crippen molar-refractivity contribution in [1.29, 1.82) is 0 Å². The fourth-order valence-corrected chi connectivity index (χ4v) is 19.3. The molecule has 776 valence electrons. The van der Waals surface area contributed by atoms with Gasteiger partial charge in [-0.15, -0.1) is 0 Å². The van der Waals surface area contributed by atoms with E-state index in [2.05, 4.69) is 92.8 Å². The normalized spacial score (nSPS) is 14.2. The van der Waals surface area contributed by atoms with Crippen LogP contribution < -0.4 is 88.3 Å². The molecule has 4 unspecified atom stereocenters. The van der Waals surface area contributed by atoms with Gasteiger partial charge in [0, 0.05) is 186 Å². The number of carbonyl (C=O) groups excluding carboxylic acids is 9. The number of nitrogens with zero attached hydrogens (tertiary/aromatic N) is 8. The third kappa shape index (κ3) is 34.2. The molecule has 9 rings (SSSR count). The number of amides is 9. The zero-order valence-corrected chi connectivity index (χ0v) is 82.7. The summed E-state index contributed by atoms with van der Waals surface area (Å²) in [5, 5.41) is 69.8. The van der Waals surface area contributed by atoms with Gasteiger partial charge in [0.1, 0.15) is 52.8 Å². The summed E-state index contributed by atoms with van der Waals surface area (Å²) in [6.45, 7) is 11.9. The minimum absolute atomic E-state index is 0.00487. The molecule has 0 bridgehead atoms. The lowest BCUT2D eigenvalue weighted by atomic mass is 10.1. The molecule has 0 radical (unpaired) electrons. The van der Waals surface area contributed by atoms with Crippen molar-refractivity contribution in [2.45, 2.75) is 153 Å². The first-order valence-corrected chi connectivity index (χ1v) is 49.6. The van der Waals surface area contributed by atoms with Gasteiger partial charge in [0.15, 0.2) is 11.9 Å². The summed E-state index contributed by atoms with van der Waals surface area (Å²) in [6, 6.07) is 8.19. The minimum Gasteiger partial charge on any atom is -0.494 e. The zero-order valence-electron chi connectivity index (χ0n) is 81.1. The van der Waals surface area contributed by atoms with Crippen molar-refractivity contribution in [2.24, 2.45) is 14.1 Å². The number of aromatic amines is 2. The first kappa shape index (κ1) is 112. The van der Waals surface area contributed by atoms with E-state index in [9.17, 15) is 109 Å². The van der Waals surface area contributed by atoms with E-state index in [0.717, 1.165) is 11.1 Å². The average molecular weight is 2030 g/mol. The largest absolute Gasteiger partial charge is 0.494 e. The number of rotatable bonds is 54. The number of aromatic nitrogens is 6. The van der Waals surface area contributed by atoms with Gasteiger partial charge >= 0.3 is 23.9 Å². The van der Waals surface area contributed by atoms with Crippen molar-refractivity contribution in [3.63, 3.8) is 0 Å². The van der Waals surface area contributed by atoms with E-state index in [1.165, 1.54) is 64.4 Å². The molecule has 1 aliphatic heterocycles. The molecule has 4 aromatic carbocycles. The van der Waals surface area contributed by atoms with Crippen molar-refractivity contribution < 1.29 is 109 Å². The highest BCUT2D eigenvalue weighted by atomic mass is 32.2. The average Bonchev–Trinajstić information content (AvgIpc) is 0.989. The van der Waals surface area contributed by atoms with Crippen LogP contribution in [0.1, 0.15) is 126 Å². The molecule has 19 N–H and O–H groups in total. The number of likely N-dealkylation sites (N-methyl/N-ethyl adjacent to an activating group) is 1. The highest BCUT2D eigenvalue weighted by Gasteiger charge is 2.35. The number of fused-ring (bicyclic) bond motifs is 2. The van der Waals surface area contributed by atoms with E-state index in [1.54, 1.807) is 113 Å². The Morgan fingerprint density at radius 1 is 0.441 bits per heavy atom. The van der Waals surface area contributed by atoms with Crippen LogP contribution in [0.25, 0.3) is 21.8 Å². The Labute approximate surface area is 824 Å². The molecule has 48 nitrogen and oxygen atoms in total. The standard InChI is InChI=1S/C93H127N23O25S2/c1-10-68(87(129)96-25-23-94-75(117)15-13-39-140-62-41-56(4)83(57(5)42-62)142(136,137)109-71(90(132)133)49-102-85(127)66-51-111(8)73-45-60(17-19-64(73)81(66)125)47-104-92-98-27-28-99-92)106-77(119)22-21-70(107-78(120)53-114-33-31-113(12-3)32-34-115(54-79(121)122)37-38-116(36-35-114)55-80(123)124)89(131)108-69(11-2)88(130)97-26-24-95-76(118)16-14-40-141-63-43-58(6)84(59(7)44-63)143(138,139)110-72(91(134)135)50-103-86(128)67-52-112(9)74-46-61(18-20-65(74)82(67)126)48-105-93-100-29-30-101-93/h17-20,27-30,41-46,51-52,68-72,109-110H,10-16,21-26,31-40,47-50,53-55H2,1-9H3,(H,94,117)(H,95,118)(H,96,129)(H,97,130)(H,102,127)(H,103,128)(H,106,119)(H,107,120)(H,108,131)(H,121,122)(H,123,124)(H,132,133)(H,134,135)(H2,98,99,104)(H2,100,101,105)/t68?,69?,70-,71?,72?/m0/s1. The molecule has 0 saturated carbocycles. The summed E-state index contributed by atoms with van der Waals surface area (Å²) in [4.78, 5) is 219. The molecule has 5 atom stereocenters. The topological polar surface area (TPSA) is 660 Å². The van der Waals surface area contributed by atoms with Crippen LogP contribution in [0.15, 0.2) is 117 Å². The first-order chi connectivity index (χ1) is 68.0. The molecule has 143 heavy (non-hydrogen) atoms. The number of ether oxygens (including phenoxy) is 2. The maximum Gasteiger partial charge on any atom is 0.323 e. The van der Waals surface area contributed by atoms with E-state index >= 15 is 0 Å². The molecule has 50 heteroatoms. The van der Waals surface area contributed by atoms with Crippen molar-refractivity contribution in [2.75, 3.05) is 142 Å². The number of carboxylic acids is 4. The summed E-state index contributed by atoms with van der Waals surface area (Å²) in [5.74, 6) is -10.1. The second-order valence-corrected chi connectivity index (χ2v) is 37.7. The Balaban J connectivity index is 0.719. The number of aryl methyl sites for hydroxylation is 6. The van der Waals surface area contributed by atoms with Crippen LogP contribution in [-0.4, -0.2) is 324 Å². The van der Waals surface area contributed by atoms with E-state index in [0.29, 0.717) is 62.2 Å². The summed E-state index contributed by atoms with van der Waals surface area (Å²) >= 11 is 0. The van der Waals surface area contributed by atoms with Crippen molar-refractivity contribution in [1.82, 2.24) is 106 Å². The molecular weight excluding hydrogens is 1900 g/mol. The second kappa shape index (κ2) is 54.1. The minimum atomic E-state index is -4.58. The van der Waals surface area contributed by atoms with E-state index in [-0.39, 0.29) is 202 Å². The summed E-state index contributed by atoms with van der Waals surface area (Å²) in [5.41, 5.74) is 1.48. The number of hydrogen-bond acceptors (Lipinski definition) is 29. The number of aliphatic carboxylic acids is 4. The quantitative estimate of drug-likeness (QED) is 0.0215. The number of anilines is 2. The number of H-pyrrole nitrogens is 2. The molecule has 1 saturated heterocycles. The van der Waals surface area contributed by atoms with Gasteiger partial charge in [-0.25, -0.2) is 26.8 Å². The molecule has 1 fully saturated rings. The number of pyridine rings is 2. The number of nitrogens with one attached hydrogen (secondary N) is 15. The molecule has 5 heterocycles. The van der Waals surface area contributed by atoms with Gasteiger partial charge in [0.25, 0.3) is 11.8 Å². The van der Waals surface area contributed by atoms with Gasteiger partial charge in [-0.2, -0.15) is 9.44 Å². The molecule has 4 aromatic heterocycles. The number of hydrogen-bond donors (Lipinski definition) is 19. The van der Waals surface area contributed by atoms with Gasteiger partial charge in [-0.1, -0.05) is 32.9 Å². The summed E-state index contributed by atoms with van der Waals surface area (Å²) < 4.78 is 74.6. The third-order valence-electron chi connectivity index (χ3n) is 23.4. The lowest BCUT2D eigenvalue weighted by Crippen LogP contribution is -2.55. The van der Waals surface area contributed by atoms with Gasteiger partial charge < -0.3 is 112 Å². The molecule has 8 aromatic rings. The number of sulfonamides is 2. The Hall–Kier alpha value is -14.3. The van der Waals surface area contributed by atoms with E-state index < -0.39 is 158 Å². The lowest BCUT2D eigenvalue weighted by Gasteiger charge is -2.33. The number of imidazole rings is 2. The third-order valence-corrected chi connectivity index (χ3v) is 27.0. The van der Waals surface area contributed by atoms with Crippen LogP contribution in [0.3, 0.4) is 0 Å². The van der Waals surface area contributed by atoms with Crippen LogP contribution in [0.5, 0.6) is 11.5 Å². The van der Waals surface area contributed by atoms with Gasteiger partial charge in [-0.3, -0.25) is 86.6 Å². The molecular formula is C93H127N23O25S2. The fourth-order valence-electron chi connectivity index (χ4n) is 16.0. The van der Waals surface area contributed by atoms with Crippen LogP contribution in [0.4, 0.5) is 11.9 Å². The monoisotopic (exact) mass is 2030 g/mol. The van der Waals surface area contributed by atoms with Crippen molar-refractivity contribution >= 4 is 131 Å². The number of carboxylic acid groups (broad SMARTS) is 4. The van der Waals surface area contributed by atoms with Crippen LogP contribution in [0, 0.1) is 27.7 Å². The van der Waals surface area contributed by atoms with E-state index in [1.807, 2.05) is 6.92 Å². The second-order valence-electron chi connectivity index (χ2n) is 34.4. The molecule has 9 amide bonds. The molecule has 0 aliphatic carbocycles. The van der Waals surface area contributed by atoms with Crippen LogP contribution >= 0.6 is 0 Å². The SMILES string of the molecule is CCC(NC(=O)CC[C@H](NC(=O)CN1CCN(CC)CCN(CC(=O)O)CCN(CC(=O)O)CC1)C(=O)NC(CC)C(=O)NCCNC(=O)CCCOc1cc(C)c(S(=O)(=O)NC(CNC(=O)c2cn(C)c3cc(CNc4ncc[nH]4)ccc3c2=O)C(=O)O)c(C)c1)C(=O)NCCNC(=O)CCCOc1cc(C)c(S(=O)(=O)NC(CNC(=O)c2cn(C)c3cc(CNc4ncc[nH]4)ccc3c2=O)C(=O)O)c(C)c1. The summed E-state index contributed by atoms with van der Waals surface area (Å²) in [7, 11) is -5.90. The van der Waals surface area contributed by atoms with Crippen molar-refractivity contribution in [3.05, 3.63) is 163 Å². The number of carbonyl (C=O) groups is 13. The van der Waals surface area contributed by atoms with Gasteiger partial charge in [0.05, 0.1) is 53.7 Å². The lowest BCUT2D eigenvalue weighted by molar-refractivity contribution is -0.140. The maximum absolute atomic E-state index is 14.4.